The van der Waals surface area contributed by atoms with E-state index in [-0.39, 0.29) is 24.0 Å². The lowest BCUT2D eigenvalue weighted by Crippen LogP contribution is -2.52. The Morgan fingerprint density at radius 1 is 0.865 bits per heavy atom. The van der Waals surface area contributed by atoms with E-state index in [9.17, 15) is 9.59 Å². The van der Waals surface area contributed by atoms with Crippen LogP contribution in [-0.4, -0.2) is 48.5 Å². The molecule has 37 heavy (non-hydrogen) atoms. The maximum atomic E-state index is 12.5. The average Bonchev–Trinajstić information content (AvgIpc) is 3.06. The lowest BCUT2D eigenvalue weighted by atomic mass is 9.87. The van der Waals surface area contributed by atoms with Crippen molar-refractivity contribution in [2.45, 2.75) is 38.3 Å². The first-order chi connectivity index (χ1) is 18.0. The Balaban J connectivity index is 1.25. The van der Waals surface area contributed by atoms with Gasteiger partial charge in [0.15, 0.2) is 0 Å². The van der Waals surface area contributed by atoms with Crippen LogP contribution in [0.5, 0.6) is 17.2 Å². The number of amides is 2. The Morgan fingerprint density at radius 2 is 1.51 bits per heavy atom. The maximum absolute atomic E-state index is 12.5. The summed E-state index contributed by atoms with van der Waals surface area (Å²) >= 11 is 0. The SMILES string of the molecule is CC(=O)NCC(=O)N1CCC2(CC1)CCN(Cc1ccc(Oc3ccccc3)cc1)c1ccccc1O2. The number of piperidine rings is 1. The molecule has 0 saturated carbocycles. The summed E-state index contributed by atoms with van der Waals surface area (Å²) in [4.78, 5) is 27.9. The van der Waals surface area contributed by atoms with Crippen molar-refractivity contribution >= 4 is 17.5 Å². The first-order valence-corrected chi connectivity index (χ1v) is 12.9. The topological polar surface area (TPSA) is 71.1 Å². The fourth-order valence-corrected chi connectivity index (χ4v) is 5.05. The first kappa shape index (κ1) is 24.7. The van der Waals surface area contributed by atoms with Crippen LogP contribution in [-0.2, 0) is 16.1 Å². The number of hydrogen-bond acceptors (Lipinski definition) is 5. The molecule has 7 nitrogen and oxygen atoms in total. The molecule has 2 aliphatic heterocycles. The molecule has 1 fully saturated rings. The molecule has 1 N–H and O–H groups in total. The van der Waals surface area contributed by atoms with Gasteiger partial charge in [-0.3, -0.25) is 9.59 Å². The van der Waals surface area contributed by atoms with Crippen LogP contribution in [0.2, 0.25) is 0 Å². The minimum absolute atomic E-state index is 0.0413. The van der Waals surface area contributed by atoms with Crippen molar-refractivity contribution < 1.29 is 19.1 Å². The molecule has 3 aromatic rings. The predicted molar refractivity (Wildman–Crippen MR) is 143 cm³/mol. The Labute approximate surface area is 218 Å². The molecule has 0 radical (unpaired) electrons. The number of ether oxygens (including phenoxy) is 2. The zero-order valence-corrected chi connectivity index (χ0v) is 21.2. The van der Waals surface area contributed by atoms with Crippen molar-refractivity contribution in [2.24, 2.45) is 0 Å². The normalized spacial score (nSPS) is 16.4. The molecule has 0 aliphatic carbocycles. The van der Waals surface area contributed by atoms with Crippen LogP contribution in [0.25, 0.3) is 0 Å². The molecular formula is C30H33N3O4. The Morgan fingerprint density at radius 3 is 2.24 bits per heavy atom. The van der Waals surface area contributed by atoms with Gasteiger partial charge in [-0.05, 0) is 42.0 Å². The lowest BCUT2D eigenvalue weighted by Gasteiger charge is -2.41. The number of hydrogen-bond donors (Lipinski definition) is 1. The van der Waals surface area contributed by atoms with Gasteiger partial charge in [-0.15, -0.1) is 0 Å². The van der Waals surface area contributed by atoms with Crippen LogP contribution in [0.15, 0.2) is 78.9 Å². The van der Waals surface area contributed by atoms with Crippen LogP contribution in [0, 0.1) is 0 Å². The molecule has 192 valence electrons. The number of carbonyl (C=O) groups excluding carboxylic acids is 2. The summed E-state index contributed by atoms with van der Waals surface area (Å²) in [6.45, 7) is 4.36. The molecule has 0 bridgehead atoms. The van der Waals surface area contributed by atoms with E-state index in [4.69, 9.17) is 9.47 Å². The van der Waals surface area contributed by atoms with Crippen LogP contribution in [0.1, 0.15) is 31.7 Å². The molecule has 7 heteroatoms. The zero-order valence-electron chi connectivity index (χ0n) is 21.2. The first-order valence-electron chi connectivity index (χ1n) is 12.9. The number of anilines is 1. The number of nitrogens with zero attached hydrogens (tertiary/aromatic N) is 2. The number of fused-ring (bicyclic) bond motifs is 1. The summed E-state index contributed by atoms with van der Waals surface area (Å²) in [6.07, 6.45) is 2.42. The van der Waals surface area contributed by atoms with Crippen LogP contribution in [0.3, 0.4) is 0 Å². The number of nitrogens with one attached hydrogen (secondary N) is 1. The summed E-state index contributed by atoms with van der Waals surface area (Å²) in [7, 11) is 0. The van der Waals surface area contributed by atoms with Gasteiger partial charge in [-0.25, -0.2) is 0 Å². The maximum Gasteiger partial charge on any atom is 0.241 e. The molecule has 2 heterocycles. The zero-order chi connectivity index (χ0) is 25.7. The highest BCUT2D eigenvalue weighted by Gasteiger charge is 2.40. The van der Waals surface area contributed by atoms with Gasteiger partial charge in [0.2, 0.25) is 11.8 Å². The molecule has 0 atom stereocenters. The van der Waals surface area contributed by atoms with E-state index in [0.717, 1.165) is 55.3 Å². The molecule has 1 spiro atoms. The molecule has 3 aromatic carbocycles. The van der Waals surface area contributed by atoms with Gasteiger partial charge in [-0.2, -0.15) is 0 Å². The van der Waals surface area contributed by atoms with Crippen molar-refractivity contribution in [3.05, 3.63) is 84.4 Å². The fourth-order valence-electron chi connectivity index (χ4n) is 5.05. The van der Waals surface area contributed by atoms with E-state index in [1.54, 1.807) is 0 Å². The second-order valence-electron chi connectivity index (χ2n) is 9.77. The van der Waals surface area contributed by atoms with Crippen molar-refractivity contribution in [3.63, 3.8) is 0 Å². The van der Waals surface area contributed by atoms with E-state index < -0.39 is 0 Å². The van der Waals surface area contributed by atoms with Gasteiger partial charge in [0, 0.05) is 52.4 Å². The van der Waals surface area contributed by atoms with Gasteiger partial charge in [-0.1, -0.05) is 42.5 Å². The third-order valence-electron chi connectivity index (χ3n) is 7.16. The fraction of sp³-hybridized carbons (Fsp3) is 0.333. The summed E-state index contributed by atoms with van der Waals surface area (Å²) in [5, 5.41) is 2.61. The van der Waals surface area contributed by atoms with Gasteiger partial charge >= 0.3 is 0 Å². The monoisotopic (exact) mass is 499 g/mol. The minimum atomic E-state index is -0.303. The molecule has 0 aromatic heterocycles. The smallest absolute Gasteiger partial charge is 0.241 e. The van der Waals surface area contributed by atoms with Crippen molar-refractivity contribution in [3.8, 4) is 17.2 Å². The number of carbonyl (C=O) groups is 2. The highest BCUT2D eigenvalue weighted by atomic mass is 16.5. The second-order valence-corrected chi connectivity index (χ2v) is 9.77. The lowest BCUT2D eigenvalue weighted by molar-refractivity contribution is -0.135. The highest BCUT2D eigenvalue weighted by molar-refractivity contribution is 5.83. The molecule has 1 saturated heterocycles. The van der Waals surface area contributed by atoms with Gasteiger partial charge in [0.25, 0.3) is 0 Å². The van der Waals surface area contributed by atoms with Gasteiger partial charge in [0.05, 0.1) is 12.2 Å². The third kappa shape index (κ3) is 6.05. The Hall–Kier alpha value is -4.00. The summed E-state index contributed by atoms with van der Waals surface area (Å²) in [5.41, 5.74) is 1.99. The number of para-hydroxylation sites is 3. The largest absolute Gasteiger partial charge is 0.485 e. The third-order valence-corrected chi connectivity index (χ3v) is 7.16. The average molecular weight is 500 g/mol. The van der Waals surface area contributed by atoms with Gasteiger partial charge < -0.3 is 24.6 Å². The van der Waals surface area contributed by atoms with Crippen molar-refractivity contribution in [2.75, 3.05) is 31.1 Å². The quantitative estimate of drug-likeness (QED) is 0.529. The molecule has 0 unspecified atom stereocenters. The van der Waals surface area contributed by atoms with E-state index in [0.29, 0.717) is 13.1 Å². The van der Waals surface area contributed by atoms with Crippen molar-refractivity contribution in [1.29, 1.82) is 0 Å². The van der Waals surface area contributed by atoms with Crippen LogP contribution >= 0.6 is 0 Å². The minimum Gasteiger partial charge on any atom is -0.485 e. The van der Waals surface area contributed by atoms with Crippen LogP contribution < -0.4 is 19.7 Å². The number of benzene rings is 3. The summed E-state index contributed by atoms with van der Waals surface area (Å²) in [5.74, 6) is 2.29. The number of likely N-dealkylation sites (tertiary alicyclic amines) is 1. The predicted octanol–water partition coefficient (Wildman–Crippen LogP) is 4.77. The molecule has 5 rings (SSSR count). The highest BCUT2D eigenvalue weighted by Crippen LogP contribution is 2.41. The number of rotatable bonds is 6. The van der Waals surface area contributed by atoms with E-state index in [1.165, 1.54) is 12.5 Å². The summed E-state index contributed by atoms with van der Waals surface area (Å²) < 4.78 is 12.6. The van der Waals surface area contributed by atoms with E-state index in [1.807, 2.05) is 65.6 Å². The molecule has 2 amide bonds. The van der Waals surface area contributed by atoms with Gasteiger partial charge in [0.1, 0.15) is 22.8 Å². The Kier molecular flexibility index (Phi) is 7.30. The van der Waals surface area contributed by atoms with E-state index >= 15 is 0 Å². The van der Waals surface area contributed by atoms with Crippen molar-refractivity contribution in [1.82, 2.24) is 10.2 Å². The van der Waals surface area contributed by atoms with Crippen LogP contribution in [0.4, 0.5) is 5.69 Å². The Bertz CT molecular complexity index is 1220. The standard InChI is InChI=1S/C30H33N3O4/c1-23(34)31-21-29(35)32-18-15-30(16-19-32)17-20-33(27-9-5-6-10-28(27)37-30)22-24-11-13-26(14-12-24)36-25-7-3-2-4-8-25/h2-14H,15-22H2,1H3,(H,31,34). The molecular weight excluding hydrogens is 466 g/mol. The molecule has 2 aliphatic rings. The second kappa shape index (κ2) is 10.9. The van der Waals surface area contributed by atoms with E-state index in [2.05, 4.69) is 28.4 Å². The summed E-state index contributed by atoms with van der Waals surface area (Å²) in [6, 6.07) is 26.3.